The molecule has 2 aliphatic rings. The number of carbonyl (C=O) groups excluding carboxylic acids is 1. The first-order valence-electron chi connectivity index (χ1n) is 7.51. The predicted molar refractivity (Wildman–Crippen MR) is 74.0 cm³/mol. The van der Waals surface area contributed by atoms with Crippen molar-refractivity contribution in [2.24, 2.45) is 11.3 Å². The summed E-state index contributed by atoms with van der Waals surface area (Å²) in [6.45, 7) is 6.65. The van der Waals surface area contributed by atoms with Crippen molar-refractivity contribution in [1.82, 2.24) is 4.90 Å². The number of hydrogen-bond donors (Lipinski definition) is 1. The average molecular weight is 269 g/mol. The van der Waals surface area contributed by atoms with E-state index in [0.717, 1.165) is 32.4 Å². The molecule has 4 heteroatoms. The minimum Gasteiger partial charge on any atom is -0.394 e. The third-order valence-corrected chi connectivity index (χ3v) is 4.73. The molecule has 110 valence electrons. The highest BCUT2D eigenvalue weighted by Crippen LogP contribution is 2.39. The topological polar surface area (TPSA) is 49.8 Å². The van der Waals surface area contributed by atoms with E-state index in [1.54, 1.807) is 0 Å². The summed E-state index contributed by atoms with van der Waals surface area (Å²) in [6, 6.07) is 0.330. The van der Waals surface area contributed by atoms with Crippen molar-refractivity contribution < 1.29 is 14.6 Å². The van der Waals surface area contributed by atoms with Crippen LogP contribution in [0.25, 0.3) is 0 Å². The third-order valence-electron chi connectivity index (χ3n) is 4.73. The number of ether oxygens (including phenoxy) is 1. The minimum absolute atomic E-state index is 0.0632. The van der Waals surface area contributed by atoms with Crippen LogP contribution in [0.1, 0.15) is 39.5 Å². The van der Waals surface area contributed by atoms with Gasteiger partial charge in [0.25, 0.3) is 0 Å². The first-order valence-corrected chi connectivity index (χ1v) is 7.51. The number of rotatable bonds is 4. The molecule has 0 aromatic carbocycles. The minimum atomic E-state index is -0.177. The zero-order chi connectivity index (χ0) is 13.9. The zero-order valence-corrected chi connectivity index (χ0v) is 12.2. The van der Waals surface area contributed by atoms with Gasteiger partial charge < -0.3 is 14.6 Å². The largest absolute Gasteiger partial charge is 0.394 e. The molecule has 0 radical (unpaired) electrons. The Morgan fingerprint density at radius 3 is 2.89 bits per heavy atom. The molecule has 2 rings (SSSR count). The number of hydrogen-bond acceptors (Lipinski definition) is 4. The maximum Gasteiger partial charge on any atom is 0.127 e. The van der Waals surface area contributed by atoms with Gasteiger partial charge in [-0.2, -0.15) is 0 Å². The molecule has 0 spiro atoms. The number of aliphatic hydroxyl groups is 1. The molecule has 1 aliphatic heterocycles. The molecule has 1 heterocycles. The van der Waals surface area contributed by atoms with Crippen molar-refractivity contribution in [3.63, 3.8) is 0 Å². The third kappa shape index (κ3) is 3.56. The van der Waals surface area contributed by atoms with E-state index in [1.165, 1.54) is 12.7 Å². The monoisotopic (exact) mass is 269 g/mol. The normalized spacial score (nSPS) is 41.1. The van der Waals surface area contributed by atoms with Gasteiger partial charge in [-0.25, -0.2) is 0 Å². The van der Waals surface area contributed by atoms with Crippen LogP contribution in [0.3, 0.4) is 0 Å². The lowest BCUT2D eigenvalue weighted by molar-refractivity contribution is -0.125. The van der Waals surface area contributed by atoms with Gasteiger partial charge in [0.05, 0.1) is 19.3 Å². The van der Waals surface area contributed by atoms with Gasteiger partial charge in [0, 0.05) is 24.5 Å². The molecule has 4 nitrogen and oxygen atoms in total. The molecule has 1 aliphatic carbocycles. The molecule has 1 saturated heterocycles. The molecule has 0 bridgehead atoms. The van der Waals surface area contributed by atoms with E-state index in [4.69, 9.17) is 4.74 Å². The van der Waals surface area contributed by atoms with Crippen LogP contribution in [0, 0.1) is 11.3 Å². The SMILES string of the molecule is CC1CCCC(C=O)(CN2CC(CO)OCC2C)C1. The van der Waals surface area contributed by atoms with Crippen molar-refractivity contribution in [3.8, 4) is 0 Å². The van der Waals surface area contributed by atoms with Gasteiger partial charge in [-0.15, -0.1) is 0 Å². The highest BCUT2D eigenvalue weighted by Gasteiger charge is 2.38. The number of carbonyl (C=O) groups is 1. The quantitative estimate of drug-likeness (QED) is 0.785. The van der Waals surface area contributed by atoms with E-state index in [9.17, 15) is 9.90 Å². The summed E-state index contributed by atoms with van der Waals surface area (Å²) in [7, 11) is 0. The van der Waals surface area contributed by atoms with Gasteiger partial charge in [-0.1, -0.05) is 19.8 Å². The Labute approximate surface area is 116 Å². The molecule has 0 aromatic rings. The Morgan fingerprint density at radius 1 is 1.47 bits per heavy atom. The van der Waals surface area contributed by atoms with Crippen LogP contribution in [0.2, 0.25) is 0 Å². The summed E-state index contributed by atoms with van der Waals surface area (Å²) in [5.74, 6) is 0.643. The fourth-order valence-corrected chi connectivity index (χ4v) is 3.60. The first kappa shape index (κ1) is 14.9. The number of aldehydes is 1. The van der Waals surface area contributed by atoms with Gasteiger partial charge >= 0.3 is 0 Å². The van der Waals surface area contributed by atoms with Gasteiger partial charge in [-0.05, 0) is 25.7 Å². The second-order valence-corrected chi connectivity index (χ2v) is 6.60. The van der Waals surface area contributed by atoms with Gasteiger partial charge in [0.15, 0.2) is 0 Å². The van der Waals surface area contributed by atoms with E-state index in [-0.39, 0.29) is 18.1 Å². The second-order valence-electron chi connectivity index (χ2n) is 6.60. The Kier molecular flexibility index (Phi) is 4.98. The van der Waals surface area contributed by atoms with E-state index in [0.29, 0.717) is 18.6 Å². The standard InChI is InChI=1S/C15H27NO3/c1-12-4-3-5-15(6-12,11-18)10-16-7-14(8-17)19-9-13(16)2/h11-14,17H,3-10H2,1-2H3. The molecule has 1 saturated carbocycles. The van der Waals surface area contributed by atoms with Crippen molar-refractivity contribution in [2.45, 2.75) is 51.7 Å². The smallest absolute Gasteiger partial charge is 0.127 e. The van der Waals surface area contributed by atoms with Crippen LogP contribution in [0.15, 0.2) is 0 Å². The van der Waals surface area contributed by atoms with E-state index >= 15 is 0 Å². The van der Waals surface area contributed by atoms with E-state index in [1.807, 2.05) is 0 Å². The fraction of sp³-hybridized carbons (Fsp3) is 0.933. The van der Waals surface area contributed by atoms with Crippen molar-refractivity contribution in [3.05, 3.63) is 0 Å². The number of nitrogens with zero attached hydrogens (tertiary/aromatic N) is 1. The summed E-state index contributed by atoms with van der Waals surface area (Å²) in [4.78, 5) is 14.0. The fourth-order valence-electron chi connectivity index (χ4n) is 3.60. The second kappa shape index (κ2) is 6.33. The maximum absolute atomic E-state index is 11.7. The van der Waals surface area contributed by atoms with Gasteiger partial charge in [0.1, 0.15) is 6.29 Å². The van der Waals surface area contributed by atoms with Crippen molar-refractivity contribution in [2.75, 3.05) is 26.3 Å². The van der Waals surface area contributed by atoms with Crippen LogP contribution >= 0.6 is 0 Å². The lowest BCUT2D eigenvalue weighted by Crippen LogP contribution is -2.54. The molecule has 4 unspecified atom stereocenters. The van der Waals surface area contributed by atoms with Crippen molar-refractivity contribution >= 4 is 6.29 Å². The zero-order valence-electron chi connectivity index (χ0n) is 12.2. The molecule has 2 fully saturated rings. The summed E-state index contributed by atoms with van der Waals surface area (Å²) in [5, 5.41) is 9.24. The Morgan fingerprint density at radius 2 is 2.26 bits per heavy atom. The summed E-state index contributed by atoms with van der Waals surface area (Å²) in [5.41, 5.74) is -0.177. The summed E-state index contributed by atoms with van der Waals surface area (Å²) >= 11 is 0. The van der Waals surface area contributed by atoms with Crippen LogP contribution in [0.5, 0.6) is 0 Å². The first-order chi connectivity index (χ1) is 9.08. The lowest BCUT2D eigenvalue weighted by Gasteiger charge is -2.44. The number of morpholine rings is 1. The van der Waals surface area contributed by atoms with E-state index in [2.05, 4.69) is 18.7 Å². The number of aliphatic hydroxyl groups excluding tert-OH is 1. The molecule has 0 amide bonds. The van der Waals surface area contributed by atoms with Crippen LogP contribution in [-0.2, 0) is 9.53 Å². The Balaban J connectivity index is 2.01. The van der Waals surface area contributed by atoms with Crippen LogP contribution in [0.4, 0.5) is 0 Å². The summed E-state index contributed by atoms with van der Waals surface area (Å²) in [6.07, 6.45) is 5.51. The highest BCUT2D eigenvalue weighted by atomic mass is 16.5. The average Bonchev–Trinajstić information content (AvgIpc) is 2.41. The summed E-state index contributed by atoms with van der Waals surface area (Å²) < 4.78 is 5.57. The Hall–Kier alpha value is -0.450. The molecular formula is C15H27NO3. The highest BCUT2D eigenvalue weighted by molar-refractivity contribution is 5.60. The van der Waals surface area contributed by atoms with Crippen LogP contribution in [-0.4, -0.2) is 54.7 Å². The molecular weight excluding hydrogens is 242 g/mol. The molecule has 1 N–H and O–H groups in total. The predicted octanol–water partition coefficient (Wildman–Crippen LogP) is 1.46. The van der Waals surface area contributed by atoms with Gasteiger partial charge in [0.2, 0.25) is 0 Å². The molecule has 19 heavy (non-hydrogen) atoms. The lowest BCUT2D eigenvalue weighted by atomic mass is 9.70. The molecule has 0 aromatic heterocycles. The maximum atomic E-state index is 11.7. The van der Waals surface area contributed by atoms with Gasteiger partial charge in [-0.3, -0.25) is 4.90 Å². The van der Waals surface area contributed by atoms with Crippen LogP contribution < -0.4 is 0 Å². The van der Waals surface area contributed by atoms with E-state index < -0.39 is 0 Å². The Bertz CT molecular complexity index is 310. The van der Waals surface area contributed by atoms with Crippen molar-refractivity contribution in [1.29, 1.82) is 0 Å². The molecule has 4 atom stereocenters.